The lowest BCUT2D eigenvalue weighted by molar-refractivity contribution is 0.122. The monoisotopic (exact) mass is 299 g/mol. The molecule has 0 radical (unpaired) electrons. The molecular formula is C16H21N5O. The van der Waals surface area contributed by atoms with Gasteiger partial charge in [0.1, 0.15) is 12.0 Å². The van der Waals surface area contributed by atoms with Crippen LogP contribution in [0.5, 0.6) is 0 Å². The van der Waals surface area contributed by atoms with Gasteiger partial charge in [-0.1, -0.05) is 30.3 Å². The minimum absolute atomic E-state index is 0.609. The van der Waals surface area contributed by atoms with Crippen molar-refractivity contribution in [1.29, 1.82) is 0 Å². The summed E-state index contributed by atoms with van der Waals surface area (Å²) in [6.45, 7) is 3.82. The van der Waals surface area contributed by atoms with Gasteiger partial charge in [-0.2, -0.15) is 0 Å². The molecule has 1 aromatic heterocycles. The van der Waals surface area contributed by atoms with Crippen molar-refractivity contribution < 1.29 is 4.74 Å². The summed E-state index contributed by atoms with van der Waals surface area (Å²) < 4.78 is 5.36. The second-order valence-corrected chi connectivity index (χ2v) is 5.22. The Balaban J connectivity index is 1.63. The highest BCUT2D eigenvalue weighted by atomic mass is 16.5. The molecule has 0 bridgehead atoms. The Bertz CT molecular complexity index is 599. The van der Waals surface area contributed by atoms with Crippen LogP contribution < -0.4 is 16.0 Å². The van der Waals surface area contributed by atoms with E-state index in [9.17, 15) is 0 Å². The van der Waals surface area contributed by atoms with Gasteiger partial charge in [0.2, 0.25) is 0 Å². The highest BCUT2D eigenvalue weighted by Gasteiger charge is 2.17. The zero-order valence-electron chi connectivity index (χ0n) is 12.5. The number of nitrogens with two attached hydrogens (primary N) is 1. The number of rotatable bonds is 5. The summed E-state index contributed by atoms with van der Waals surface area (Å²) in [6, 6.07) is 10.3. The van der Waals surface area contributed by atoms with Crippen molar-refractivity contribution in [3.63, 3.8) is 0 Å². The fraction of sp³-hybridized carbons (Fsp3) is 0.375. The van der Waals surface area contributed by atoms with Crippen molar-refractivity contribution in [1.82, 2.24) is 9.97 Å². The molecule has 6 heteroatoms. The van der Waals surface area contributed by atoms with E-state index in [1.54, 1.807) is 6.33 Å². The third-order valence-corrected chi connectivity index (χ3v) is 3.72. The molecule has 2 heterocycles. The lowest BCUT2D eigenvalue weighted by Gasteiger charge is -2.28. The highest BCUT2D eigenvalue weighted by molar-refractivity contribution is 5.74. The summed E-state index contributed by atoms with van der Waals surface area (Å²) in [5.41, 5.74) is 8.12. The predicted molar refractivity (Wildman–Crippen MR) is 88.1 cm³/mol. The number of nitrogens with one attached hydrogen (secondary N) is 1. The molecule has 3 rings (SSSR count). The zero-order chi connectivity index (χ0) is 15.2. The zero-order valence-corrected chi connectivity index (χ0v) is 12.5. The average Bonchev–Trinajstić information content (AvgIpc) is 2.58. The van der Waals surface area contributed by atoms with Crippen LogP contribution in [0.4, 0.5) is 17.3 Å². The van der Waals surface area contributed by atoms with E-state index in [1.807, 2.05) is 18.2 Å². The van der Waals surface area contributed by atoms with Gasteiger partial charge in [-0.25, -0.2) is 9.97 Å². The molecule has 1 aromatic carbocycles. The first-order valence-electron chi connectivity index (χ1n) is 7.55. The van der Waals surface area contributed by atoms with Crippen LogP contribution in [0, 0.1) is 0 Å². The van der Waals surface area contributed by atoms with Gasteiger partial charge >= 0.3 is 0 Å². The van der Waals surface area contributed by atoms with E-state index in [2.05, 4.69) is 32.3 Å². The van der Waals surface area contributed by atoms with Crippen LogP contribution in [-0.2, 0) is 11.2 Å². The normalized spacial score (nSPS) is 14.8. The number of ether oxygens (including phenoxy) is 1. The van der Waals surface area contributed by atoms with Crippen LogP contribution in [0.3, 0.4) is 0 Å². The van der Waals surface area contributed by atoms with Crippen LogP contribution >= 0.6 is 0 Å². The summed E-state index contributed by atoms with van der Waals surface area (Å²) in [7, 11) is 0. The van der Waals surface area contributed by atoms with Crippen molar-refractivity contribution in [2.75, 3.05) is 48.8 Å². The summed E-state index contributed by atoms with van der Waals surface area (Å²) in [5.74, 6) is 1.49. The predicted octanol–water partition coefficient (Wildman–Crippen LogP) is 1.55. The Morgan fingerprint density at radius 3 is 2.68 bits per heavy atom. The fourth-order valence-corrected chi connectivity index (χ4v) is 2.52. The SMILES string of the molecule is Nc1c(NCCc2ccccc2)ncnc1N1CCOCC1. The molecule has 1 aliphatic heterocycles. The summed E-state index contributed by atoms with van der Waals surface area (Å²) >= 11 is 0. The maximum absolute atomic E-state index is 6.22. The molecule has 22 heavy (non-hydrogen) atoms. The second kappa shape index (κ2) is 7.09. The Morgan fingerprint density at radius 1 is 1.14 bits per heavy atom. The van der Waals surface area contributed by atoms with Crippen molar-refractivity contribution in [3.05, 3.63) is 42.2 Å². The molecule has 1 fully saturated rings. The number of benzene rings is 1. The van der Waals surface area contributed by atoms with Gasteiger partial charge in [-0.3, -0.25) is 0 Å². The van der Waals surface area contributed by atoms with E-state index >= 15 is 0 Å². The summed E-state index contributed by atoms with van der Waals surface area (Å²) in [5, 5.41) is 3.31. The Kier molecular flexibility index (Phi) is 4.70. The van der Waals surface area contributed by atoms with Crippen LogP contribution in [0.2, 0.25) is 0 Å². The van der Waals surface area contributed by atoms with Crippen molar-refractivity contribution in [2.24, 2.45) is 0 Å². The maximum Gasteiger partial charge on any atom is 0.157 e. The van der Waals surface area contributed by atoms with Gasteiger partial charge in [0.15, 0.2) is 11.6 Å². The first-order chi connectivity index (χ1) is 10.8. The van der Waals surface area contributed by atoms with E-state index in [1.165, 1.54) is 5.56 Å². The van der Waals surface area contributed by atoms with Gasteiger partial charge in [-0.05, 0) is 12.0 Å². The molecule has 0 atom stereocenters. The standard InChI is InChI=1S/C16H21N5O/c17-14-15(18-7-6-13-4-2-1-3-5-13)19-12-20-16(14)21-8-10-22-11-9-21/h1-5,12H,6-11,17H2,(H,18,19,20). The number of hydrogen-bond acceptors (Lipinski definition) is 6. The smallest absolute Gasteiger partial charge is 0.157 e. The van der Waals surface area contributed by atoms with E-state index in [0.29, 0.717) is 24.7 Å². The molecular weight excluding hydrogens is 278 g/mol. The van der Waals surface area contributed by atoms with Gasteiger partial charge in [0, 0.05) is 19.6 Å². The molecule has 3 N–H and O–H groups in total. The quantitative estimate of drug-likeness (QED) is 0.872. The first kappa shape index (κ1) is 14.6. The van der Waals surface area contributed by atoms with Crippen molar-refractivity contribution >= 4 is 17.3 Å². The number of hydrogen-bond donors (Lipinski definition) is 2. The van der Waals surface area contributed by atoms with Crippen LogP contribution in [0.1, 0.15) is 5.56 Å². The summed E-state index contributed by atoms with van der Waals surface area (Å²) in [6.07, 6.45) is 2.49. The van der Waals surface area contributed by atoms with Crippen molar-refractivity contribution in [2.45, 2.75) is 6.42 Å². The fourth-order valence-electron chi connectivity index (χ4n) is 2.52. The lowest BCUT2D eigenvalue weighted by atomic mass is 10.1. The number of nitrogen functional groups attached to an aromatic ring is 1. The molecule has 0 saturated carbocycles. The van der Waals surface area contributed by atoms with Crippen molar-refractivity contribution in [3.8, 4) is 0 Å². The highest BCUT2D eigenvalue weighted by Crippen LogP contribution is 2.26. The molecule has 6 nitrogen and oxygen atoms in total. The number of anilines is 3. The molecule has 0 unspecified atom stereocenters. The Hall–Kier alpha value is -2.34. The molecule has 0 amide bonds. The number of morpholine rings is 1. The topological polar surface area (TPSA) is 76.3 Å². The lowest BCUT2D eigenvalue weighted by Crippen LogP contribution is -2.37. The summed E-state index contributed by atoms with van der Waals surface area (Å²) in [4.78, 5) is 10.7. The van der Waals surface area contributed by atoms with E-state index < -0.39 is 0 Å². The molecule has 0 aliphatic carbocycles. The minimum atomic E-state index is 0.609. The average molecular weight is 299 g/mol. The largest absolute Gasteiger partial charge is 0.393 e. The second-order valence-electron chi connectivity index (χ2n) is 5.22. The molecule has 1 saturated heterocycles. The van der Waals surface area contributed by atoms with Crippen LogP contribution in [0.15, 0.2) is 36.7 Å². The van der Waals surface area contributed by atoms with Gasteiger partial charge in [0.25, 0.3) is 0 Å². The van der Waals surface area contributed by atoms with E-state index in [0.717, 1.165) is 31.9 Å². The third kappa shape index (κ3) is 3.46. The molecule has 0 spiro atoms. The third-order valence-electron chi connectivity index (χ3n) is 3.72. The van der Waals surface area contributed by atoms with Gasteiger partial charge in [0.05, 0.1) is 13.2 Å². The van der Waals surface area contributed by atoms with Crippen LogP contribution in [-0.4, -0.2) is 42.8 Å². The van der Waals surface area contributed by atoms with Gasteiger partial charge in [-0.15, -0.1) is 0 Å². The maximum atomic E-state index is 6.22. The minimum Gasteiger partial charge on any atom is -0.393 e. The Morgan fingerprint density at radius 2 is 1.91 bits per heavy atom. The van der Waals surface area contributed by atoms with Crippen LogP contribution in [0.25, 0.3) is 0 Å². The molecule has 116 valence electrons. The first-order valence-corrected chi connectivity index (χ1v) is 7.55. The van der Waals surface area contributed by atoms with Gasteiger partial charge < -0.3 is 20.7 Å². The molecule has 1 aliphatic rings. The molecule has 2 aromatic rings. The number of nitrogens with zero attached hydrogens (tertiary/aromatic N) is 3. The van der Waals surface area contributed by atoms with E-state index in [4.69, 9.17) is 10.5 Å². The van der Waals surface area contributed by atoms with E-state index in [-0.39, 0.29) is 0 Å². The Labute approximate surface area is 130 Å². The number of aromatic nitrogens is 2.